The van der Waals surface area contributed by atoms with E-state index in [1.807, 2.05) is 19.9 Å². The molecule has 0 aliphatic heterocycles. The van der Waals surface area contributed by atoms with Gasteiger partial charge in [-0.3, -0.25) is 4.72 Å². The number of nitriles is 1. The number of hydrogen-bond donors (Lipinski definition) is 1. The lowest BCUT2D eigenvalue weighted by Crippen LogP contribution is -2.13. The Balaban J connectivity index is 2.28. The van der Waals surface area contributed by atoms with Crippen molar-refractivity contribution in [2.75, 3.05) is 4.72 Å². The number of thiazole rings is 1. The maximum absolute atomic E-state index is 12.1. The van der Waals surface area contributed by atoms with Gasteiger partial charge in [0.25, 0.3) is 10.0 Å². The summed E-state index contributed by atoms with van der Waals surface area (Å²) in [5.74, 6) is 0. The fourth-order valence-electron chi connectivity index (χ4n) is 1.58. The first-order valence-corrected chi connectivity index (χ1v) is 8.11. The summed E-state index contributed by atoms with van der Waals surface area (Å²) in [5, 5.41) is 8.98. The summed E-state index contributed by atoms with van der Waals surface area (Å²) in [5.41, 5.74) is 1.05. The quantitative estimate of drug-likeness (QED) is 0.933. The number of nitrogens with one attached hydrogen (secondary N) is 1. The van der Waals surface area contributed by atoms with Gasteiger partial charge in [-0.05, 0) is 25.5 Å². The van der Waals surface area contributed by atoms with Gasteiger partial charge < -0.3 is 0 Å². The molecule has 0 fully saturated rings. The van der Waals surface area contributed by atoms with Crippen LogP contribution in [0.3, 0.4) is 0 Å². The van der Waals surface area contributed by atoms with Gasteiger partial charge in [-0.2, -0.15) is 5.26 Å². The highest BCUT2D eigenvalue weighted by atomic mass is 32.2. The van der Waals surface area contributed by atoms with Gasteiger partial charge in [0.15, 0.2) is 5.13 Å². The zero-order valence-electron chi connectivity index (χ0n) is 10.9. The van der Waals surface area contributed by atoms with Crippen molar-refractivity contribution in [2.24, 2.45) is 0 Å². The van der Waals surface area contributed by atoms with Crippen LogP contribution in [0.2, 0.25) is 0 Å². The molecule has 0 aliphatic rings. The van der Waals surface area contributed by atoms with Gasteiger partial charge in [0.2, 0.25) is 0 Å². The first kappa shape index (κ1) is 14.4. The summed E-state index contributed by atoms with van der Waals surface area (Å²) >= 11 is 1.29. The normalized spacial score (nSPS) is 11.1. The van der Waals surface area contributed by atoms with Crippen molar-refractivity contribution >= 4 is 26.5 Å². The van der Waals surface area contributed by atoms with Crippen LogP contribution >= 0.6 is 11.3 Å². The zero-order valence-corrected chi connectivity index (χ0v) is 12.5. The third kappa shape index (κ3) is 2.95. The molecule has 1 N–H and O–H groups in total. The molecule has 0 saturated heterocycles. The van der Waals surface area contributed by atoms with Crippen molar-refractivity contribution in [1.82, 2.24) is 9.97 Å². The minimum atomic E-state index is -3.72. The smallest absolute Gasteiger partial charge is 0.255 e. The summed E-state index contributed by atoms with van der Waals surface area (Å²) in [6, 6.07) is 4.54. The fourth-order valence-corrected chi connectivity index (χ4v) is 3.66. The number of hydrogen-bond acceptors (Lipinski definition) is 6. The maximum atomic E-state index is 12.1. The molecule has 2 rings (SSSR count). The van der Waals surface area contributed by atoms with Crippen molar-refractivity contribution in [2.45, 2.75) is 25.2 Å². The van der Waals surface area contributed by atoms with Gasteiger partial charge in [-0.25, -0.2) is 18.4 Å². The highest BCUT2D eigenvalue weighted by molar-refractivity contribution is 7.93. The predicted octanol–water partition coefficient (Wildman–Crippen LogP) is 2.08. The highest BCUT2D eigenvalue weighted by Gasteiger charge is 2.17. The van der Waals surface area contributed by atoms with E-state index in [2.05, 4.69) is 14.7 Å². The largest absolute Gasteiger partial charge is 0.265 e. The number of sulfonamides is 1. The Kier molecular flexibility index (Phi) is 4.01. The molecule has 2 aromatic rings. The van der Waals surface area contributed by atoms with Gasteiger partial charge in [0, 0.05) is 11.1 Å². The number of rotatable bonds is 4. The number of aryl methyl sites for hydroxylation is 2. The Labute approximate surface area is 121 Å². The van der Waals surface area contributed by atoms with Gasteiger partial charge >= 0.3 is 0 Å². The summed E-state index contributed by atoms with van der Waals surface area (Å²) in [7, 11) is -3.72. The van der Waals surface area contributed by atoms with E-state index in [0.29, 0.717) is 5.13 Å². The van der Waals surface area contributed by atoms with Gasteiger partial charge in [0.1, 0.15) is 16.7 Å². The van der Waals surface area contributed by atoms with E-state index in [0.717, 1.165) is 23.2 Å². The summed E-state index contributed by atoms with van der Waals surface area (Å²) in [6.45, 7) is 3.86. The third-order valence-corrected chi connectivity index (χ3v) is 4.99. The molecule has 0 atom stereocenters. The van der Waals surface area contributed by atoms with Crippen molar-refractivity contribution in [3.8, 4) is 6.07 Å². The minimum absolute atomic E-state index is 0.00222. The second kappa shape index (κ2) is 5.56. The van der Waals surface area contributed by atoms with Crippen LogP contribution in [0, 0.1) is 18.3 Å². The SMILES string of the molecule is CCc1nc(NS(=O)(=O)c2ccc(C#N)nc2)sc1C. The molecule has 2 heterocycles. The lowest BCUT2D eigenvalue weighted by atomic mass is 10.3. The number of pyridine rings is 1. The Morgan fingerprint density at radius 3 is 2.70 bits per heavy atom. The Bertz CT molecular complexity index is 758. The zero-order chi connectivity index (χ0) is 14.8. The molecule has 0 saturated carbocycles. The average molecular weight is 308 g/mol. The van der Waals surface area contributed by atoms with Crippen LogP contribution in [0.4, 0.5) is 5.13 Å². The van der Waals surface area contributed by atoms with Gasteiger partial charge in [-0.1, -0.05) is 6.92 Å². The van der Waals surface area contributed by atoms with Crippen LogP contribution in [-0.4, -0.2) is 18.4 Å². The predicted molar refractivity (Wildman–Crippen MR) is 76.0 cm³/mol. The standard InChI is InChI=1S/C12H12N4O2S2/c1-3-11-8(2)19-12(15-11)16-20(17,18)10-5-4-9(6-13)14-7-10/h4-5,7H,3H2,1-2H3,(H,15,16). The van der Waals surface area contributed by atoms with E-state index in [1.165, 1.54) is 23.5 Å². The second-order valence-corrected chi connectivity index (χ2v) is 6.86. The molecule has 0 aliphatic carbocycles. The van der Waals surface area contributed by atoms with E-state index in [9.17, 15) is 8.42 Å². The summed E-state index contributed by atoms with van der Waals surface area (Å²) < 4.78 is 26.7. The lowest BCUT2D eigenvalue weighted by Gasteiger charge is -2.04. The molecule has 0 bridgehead atoms. The molecular formula is C12H12N4O2S2. The topological polar surface area (TPSA) is 95.7 Å². The number of aromatic nitrogens is 2. The van der Waals surface area contributed by atoms with E-state index >= 15 is 0 Å². The highest BCUT2D eigenvalue weighted by Crippen LogP contribution is 2.24. The van der Waals surface area contributed by atoms with E-state index in [4.69, 9.17) is 5.26 Å². The fraction of sp³-hybridized carbons (Fsp3) is 0.250. The average Bonchev–Trinajstić information content (AvgIpc) is 2.78. The molecule has 0 spiro atoms. The van der Waals surface area contributed by atoms with E-state index in [-0.39, 0.29) is 10.6 Å². The Hall–Kier alpha value is -1.98. The van der Waals surface area contributed by atoms with Crippen LogP contribution in [0.5, 0.6) is 0 Å². The van der Waals surface area contributed by atoms with Gasteiger partial charge in [-0.15, -0.1) is 11.3 Å². The molecule has 0 radical (unpaired) electrons. The third-order valence-electron chi connectivity index (χ3n) is 2.61. The van der Waals surface area contributed by atoms with Crippen molar-refractivity contribution in [1.29, 1.82) is 5.26 Å². The van der Waals surface area contributed by atoms with E-state index in [1.54, 1.807) is 0 Å². The summed E-state index contributed by atoms with van der Waals surface area (Å²) in [6.07, 6.45) is 1.91. The van der Waals surface area contributed by atoms with Crippen LogP contribution in [0.25, 0.3) is 0 Å². The minimum Gasteiger partial charge on any atom is -0.255 e. The van der Waals surface area contributed by atoms with Crippen molar-refractivity contribution in [3.63, 3.8) is 0 Å². The second-order valence-electron chi connectivity index (χ2n) is 3.97. The van der Waals surface area contributed by atoms with E-state index < -0.39 is 10.0 Å². The van der Waals surface area contributed by atoms with Crippen LogP contribution in [-0.2, 0) is 16.4 Å². The van der Waals surface area contributed by atoms with Crippen molar-refractivity contribution < 1.29 is 8.42 Å². The Morgan fingerprint density at radius 1 is 1.45 bits per heavy atom. The summed E-state index contributed by atoms with van der Waals surface area (Å²) in [4.78, 5) is 8.97. The van der Waals surface area contributed by atoms with Crippen molar-refractivity contribution in [3.05, 3.63) is 34.6 Å². The monoisotopic (exact) mass is 308 g/mol. The molecule has 20 heavy (non-hydrogen) atoms. The van der Waals surface area contributed by atoms with Crippen LogP contribution in [0.1, 0.15) is 23.2 Å². The van der Waals surface area contributed by atoms with Crippen LogP contribution in [0.15, 0.2) is 23.2 Å². The molecule has 2 aromatic heterocycles. The van der Waals surface area contributed by atoms with Gasteiger partial charge in [0.05, 0.1) is 5.69 Å². The molecule has 0 unspecified atom stereocenters. The molecule has 6 nitrogen and oxygen atoms in total. The molecule has 0 aromatic carbocycles. The lowest BCUT2D eigenvalue weighted by molar-refractivity contribution is 0.600. The molecule has 8 heteroatoms. The number of anilines is 1. The first-order chi connectivity index (χ1) is 9.46. The van der Waals surface area contributed by atoms with Crippen LogP contribution < -0.4 is 4.72 Å². The Morgan fingerprint density at radius 2 is 2.20 bits per heavy atom. The maximum Gasteiger partial charge on any atom is 0.265 e. The molecular weight excluding hydrogens is 296 g/mol. The first-order valence-electron chi connectivity index (χ1n) is 5.81. The molecule has 0 amide bonds. The number of nitrogens with zero attached hydrogens (tertiary/aromatic N) is 3. The molecule has 104 valence electrons.